The Balaban J connectivity index is 1.39. The van der Waals surface area contributed by atoms with E-state index in [9.17, 15) is 31.5 Å². The van der Waals surface area contributed by atoms with Gasteiger partial charge in [-0.2, -0.15) is 21.6 Å². The van der Waals surface area contributed by atoms with Gasteiger partial charge in [-0.25, -0.2) is 0 Å². The average Bonchev–Trinajstić information content (AvgIpc) is 3.32. The summed E-state index contributed by atoms with van der Waals surface area (Å²) in [5.74, 6) is 0.390. The van der Waals surface area contributed by atoms with E-state index in [4.69, 9.17) is 4.74 Å². The maximum Gasteiger partial charge on any atom is 0.516 e. The summed E-state index contributed by atoms with van der Waals surface area (Å²) in [4.78, 5) is 16.7. The van der Waals surface area contributed by atoms with Gasteiger partial charge in [-0.05, 0) is 86.1 Å². The molecule has 7 nitrogen and oxygen atoms in total. The zero-order chi connectivity index (χ0) is 29.2. The standard InChI is InChI=1S/C29H27F3N2O5S2/c30-29(31,32)41(37,38)33-21-8-4-20(5-9-21)28-26(24-13-10-22(35)18-25(24)40-28)27(36)19-6-11-23(12-7-19)39-17-16-34-14-2-1-3-15-34/h4-13,18,33,35H,1-3,14-17H2. The molecule has 1 fully saturated rings. The molecule has 1 aliphatic heterocycles. The third-order valence-electron chi connectivity index (χ3n) is 6.85. The summed E-state index contributed by atoms with van der Waals surface area (Å²) >= 11 is 1.24. The number of phenolic OH excluding ortho intramolecular Hbond substituents is 1. The normalized spacial score (nSPS) is 14.7. The first kappa shape index (κ1) is 28.9. The summed E-state index contributed by atoms with van der Waals surface area (Å²) in [5, 5.41) is 10.6. The maximum atomic E-state index is 13.8. The van der Waals surface area contributed by atoms with E-state index in [1.807, 2.05) is 0 Å². The number of ether oxygens (including phenoxy) is 1. The highest BCUT2D eigenvalue weighted by atomic mass is 32.2. The zero-order valence-electron chi connectivity index (χ0n) is 21.8. The van der Waals surface area contributed by atoms with Crippen LogP contribution in [0.3, 0.4) is 0 Å². The van der Waals surface area contributed by atoms with E-state index >= 15 is 0 Å². The number of phenols is 1. The van der Waals surface area contributed by atoms with Crippen molar-refractivity contribution in [2.75, 3.05) is 31.0 Å². The SMILES string of the molecule is O=C(c1ccc(OCCN2CCCCC2)cc1)c1c(-c2ccc(NS(=O)(=O)C(F)(F)F)cc2)sc2cc(O)ccc12. The molecular weight excluding hydrogens is 577 g/mol. The minimum absolute atomic E-state index is 0.0206. The topological polar surface area (TPSA) is 95.9 Å². The van der Waals surface area contributed by atoms with Gasteiger partial charge in [0.2, 0.25) is 0 Å². The molecule has 1 saturated heterocycles. The third-order valence-corrected chi connectivity index (χ3v) is 9.16. The van der Waals surface area contributed by atoms with Crippen molar-refractivity contribution in [2.45, 2.75) is 24.8 Å². The Kier molecular flexibility index (Phi) is 8.25. The second kappa shape index (κ2) is 11.7. The summed E-state index contributed by atoms with van der Waals surface area (Å²) in [7, 11) is -5.57. The highest BCUT2D eigenvalue weighted by Gasteiger charge is 2.46. The summed E-state index contributed by atoms with van der Waals surface area (Å²) in [6.45, 7) is 3.55. The van der Waals surface area contributed by atoms with Crippen LogP contribution < -0.4 is 9.46 Å². The molecule has 0 spiro atoms. The number of benzene rings is 3. The number of ketones is 1. The van der Waals surface area contributed by atoms with Gasteiger partial charge in [0.1, 0.15) is 18.1 Å². The first-order valence-electron chi connectivity index (χ1n) is 13.0. The molecule has 0 unspecified atom stereocenters. The van der Waals surface area contributed by atoms with Gasteiger partial charge in [0.25, 0.3) is 0 Å². The number of carbonyl (C=O) groups excluding carboxylic acids is 1. The summed E-state index contributed by atoms with van der Waals surface area (Å²) in [5.41, 5.74) is -4.44. The summed E-state index contributed by atoms with van der Waals surface area (Å²) in [6, 6.07) is 16.8. The largest absolute Gasteiger partial charge is 0.516 e. The Hall–Kier alpha value is -3.61. The molecule has 0 bridgehead atoms. The first-order valence-corrected chi connectivity index (χ1v) is 15.3. The van der Waals surface area contributed by atoms with Crippen molar-refractivity contribution in [2.24, 2.45) is 0 Å². The van der Waals surface area contributed by atoms with Crippen LogP contribution in [0.4, 0.5) is 18.9 Å². The maximum absolute atomic E-state index is 13.8. The van der Waals surface area contributed by atoms with Crippen molar-refractivity contribution in [1.82, 2.24) is 4.90 Å². The minimum Gasteiger partial charge on any atom is -0.508 e. The van der Waals surface area contributed by atoms with Gasteiger partial charge >= 0.3 is 15.5 Å². The Morgan fingerprint density at radius 3 is 2.32 bits per heavy atom. The lowest BCUT2D eigenvalue weighted by atomic mass is 9.97. The molecule has 12 heteroatoms. The number of nitrogens with zero attached hydrogens (tertiary/aromatic N) is 1. The number of hydrogen-bond donors (Lipinski definition) is 2. The Labute approximate surface area is 239 Å². The molecule has 2 N–H and O–H groups in total. The molecule has 4 aromatic rings. The van der Waals surface area contributed by atoms with Crippen LogP contribution in [-0.4, -0.2) is 56.0 Å². The van der Waals surface area contributed by atoms with E-state index in [2.05, 4.69) is 4.90 Å². The molecule has 0 radical (unpaired) electrons. The predicted octanol–water partition coefficient (Wildman–Crippen LogP) is 6.63. The van der Waals surface area contributed by atoms with Crippen LogP contribution in [-0.2, 0) is 10.0 Å². The molecule has 0 atom stereocenters. The lowest BCUT2D eigenvalue weighted by molar-refractivity contribution is -0.0429. The molecular formula is C29H27F3N2O5S2. The average molecular weight is 605 g/mol. The second-order valence-corrected chi connectivity index (χ2v) is 12.4. The van der Waals surface area contributed by atoms with Gasteiger partial charge in [0.15, 0.2) is 5.78 Å². The molecule has 1 aromatic heterocycles. The number of hydrogen-bond acceptors (Lipinski definition) is 7. The van der Waals surface area contributed by atoms with Crippen molar-refractivity contribution < 1.29 is 36.2 Å². The summed E-state index contributed by atoms with van der Waals surface area (Å²) in [6.07, 6.45) is 3.68. The van der Waals surface area contributed by atoms with Crippen molar-refractivity contribution in [3.8, 4) is 21.9 Å². The van der Waals surface area contributed by atoms with Crippen molar-refractivity contribution in [1.29, 1.82) is 0 Å². The number of halogens is 3. The second-order valence-electron chi connectivity index (χ2n) is 9.72. The molecule has 0 amide bonds. The van der Waals surface area contributed by atoms with Crippen LogP contribution in [0.2, 0.25) is 0 Å². The fourth-order valence-electron chi connectivity index (χ4n) is 4.74. The number of likely N-dealkylation sites (tertiary alicyclic amines) is 1. The van der Waals surface area contributed by atoms with Crippen LogP contribution in [0.25, 0.3) is 20.5 Å². The fraction of sp³-hybridized carbons (Fsp3) is 0.276. The van der Waals surface area contributed by atoms with Crippen LogP contribution in [0.15, 0.2) is 66.7 Å². The van der Waals surface area contributed by atoms with Crippen LogP contribution >= 0.6 is 11.3 Å². The number of carbonyl (C=O) groups is 1. The number of rotatable bonds is 9. The van der Waals surface area contributed by atoms with Crippen molar-refractivity contribution >= 4 is 42.9 Å². The monoisotopic (exact) mass is 604 g/mol. The van der Waals surface area contributed by atoms with Gasteiger partial charge < -0.3 is 9.84 Å². The van der Waals surface area contributed by atoms with Crippen LogP contribution in [0.1, 0.15) is 35.2 Å². The fourth-order valence-corrected chi connectivity index (χ4v) is 6.54. The number of fused-ring (bicyclic) bond motifs is 1. The number of anilines is 1. The van der Waals surface area contributed by atoms with Crippen molar-refractivity contribution in [3.63, 3.8) is 0 Å². The number of aromatic hydroxyl groups is 1. The molecule has 5 rings (SSSR count). The molecule has 0 saturated carbocycles. The lowest BCUT2D eigenvalue weighted by Gasteiger charge is -2.26. The molecule has 0 aliphatic carbocycles. The van der Waals surface area contributed by atoms with E-state index in [0.717, 1.165) is 19.6 Å². The van der Waals surface area contributed by atoms with Crippen LogP contribution in [0.5, 0.6) is 11.5 Å². The zero-order valence-corrected chi connectivity index (χ0v) is 23.4. The Morgan fingerprint density at radius 1 is 0.976 bits per heavy atom. The van der Waals surface area contributed by atoms with Crippen molar-refractivity contribution in [3.05, 3.63) is 77.9 Å². The van der Waals surface area contributed by atoms with Crippen LogP contribution in [0, 0.1) is 0 Å². The molecule has 41 heavy (non-hydrogen) atoms. The quantitative estimate of drug-likeness (QED) is 0.208. The minimum atomic E-state index is -5.57. The molecule has 216 valence electrons. The smallest absolute Gasteiger partial charge is 0.508 e. The summed E-state index contributed by atoms with van der Waals surface area (Å²) < 4.78 is 69.3. The number of thiophene rings is 1. The van der Waals surface area contributed by atoms with Gasteiger partial charge in [-0.1, -0.05) is 18.6 Å². The number of nitrogens with one attached hydrogen (secondary N) is 1. The van der Waals surface area contributed by atoms with E-state index in [1.165, 1.54) is 71.7 Å². The Bertz CT molecular complexity index is 1650. The highest BCUT2D eigenvalue weighted by molar-refractivity contribution is 7.93. The Morgan fingerprint density at radius 2 is 1.66 bits per heavy atom. The number of alkyl halides is 3. The van der Waals surface area contributed by atoms with Gasteiger partial charge in [0.05, 0.1) is 0 Å². The molecule has 2 heterocycles. The van der Waals surface area contributed by atoms with Gasteiger partial charge in [-0.15, -0.1) is 11.3 Å². The van der Waals surface area contributed by atoms with E-state index in [-0.39, 0.29) is 17.2 Å². The first-order chi connectivity index (χ1) is 19.5. The highest BCUT2D eigenvalue weighted by Crippen LogP contribution is 2.41. The predicted molar refractivity (Wildman–Crippen MR) is 153 cm³/mol. The van der Waals surface area contributed by atoms with Gasteiger partial charge in [0, 0.05) is 38.3 Å². The molecule has 1 aliphatic rings. The number of sulfonamides is 1. The lowest BCUT2D eigenvalue weighted by Crippen LogP contribution is -2.33. The third kappa shape index (κ3) is 6.50. The van der Waals surface area contributed by atoms with E-state index in [0.29, 0.717) is 44.0 Å². The van der Waals surface area contributed by atoms with E-state index in [1.54, 1.807) is 30.3 Å². The molecule has 3 aromatic carbocycles. The number of piperidine rings is 1. The van der Waals surface area contributed by atoms with Gasteiger partial charge in [-0.3, -0.25) is 14.4 Å². The van der Waals surface area contributed by atoms with E-state index < -0.39 is 15.5 Å².